The SMILES string of the molecule is CCCC(CCO)C(=O)N1CCC(Nc2cccc(CO)c2F)CC1. The molecular formula is C19H29FN2O3. The van der Waals surface area contributed by atoms with Crippen LogP contribution in [0.1, 0.15) is 44.6 Å². The number of halogens is 1. The number of anilines is 1. The molecule has 1 heterocycles. The first-order valence-corrected chi connectivity index (χ1v) is 9.15. The van der Waals surface area contributed by atoms with Crippen molar-refractivity contribution in [1.82, 2.24) is 4.90 Å². The van der Waals surface area contributed by atoms with Gasteiger partial charge in [-0.2, -0.15) is 0 Å². The van der Waals surface area contributed by atoms with E-state index in [1.54, 1.807) is 18.2 Å². The molecule has 1 amide bonds. The second-order valence-electron chi connectivity index (χ2n) is 6.68. The number of hydrogen-bond donors (Lipinski definition) is 3. The number of likely N-dealkylation sites (tertiary alicyclic amines) is 1. The Hall–Kier alpha value is -1.66. The third-order valence-corrected chi connectivity index (χ3v) is 4.88. The zero-order chi connectivity index (χ0) is 18.2. The molecular weight excluding hydrogens is 323 g/mol. The zero-order valence-electron chi connectivity index (χ0n) is 14.9. The summed E-state index contributed by atoms with van der Waals surface area (Å²) in [4.78, 5) is 14.5. The highest BCUT2D eigenvalue weighted by Gasteiger charge is 2.27. The molecule has 0 saturated carbocycles. The van der Waals surface area contributed by atoms with Crippen LogP contribution in [0.4, 0.5) is 10.1 Å². The lowest BCUT2D eigenvalue weighted by Gasteiger charge is -2.35. The van der Waals surface area contributed by atoms with Crippen molar-refractivity contribution in [2.75, 3.05) is 25.0 Å². The number of piperidine rings is 1. The van der Waals surface area contributed by atoms with Crippen LogP contribution in [0.15, 0.2) is 18.2 Å². The van der Waals surface area contributed by atoms with E-state index in [2.05, 4.69) is 5.32 Å². The maximum absolute atomic E-state index is 14.2. The van der Waals surface area contributed by atoms with Crippen molar-refractivity contribution >= 4 is 11.6 Å². The van der Waals surface area contributed by atoms with Gasteiger partial charge in [-0.1, -0.05) is 25.5 Å². The van der Waals surface area contributed by atoms with Crippen LogP contribution >= 0.6 is 0 Å². The molecule has 2 rings (SSSR count). The first kappa shape index (κ1) is 19.7. The van der Waals surface area contributed by atoms with E-state index in [0.717, 1.165) is 25.7 Å². The summed E-state index contributed by atoms with van der Waals surface area (Å²) in [5, 5.41) is 21.5. The van der Waals surface area contributed by atoms with E-state index in [-0.39, 0.29) is 36.6 Å². The lowest BCUT2D eigenvalue weighted by atomic mass is 9.96. The minimum atomic E-state index is -0.408. The van der Waals surface area contributed by atoms with Crippen molar-refractivity contribution in [2.24, 2.45) is 5.92 Å². The molecule has 1 fully saturated rings. The molecule has 140 valence electrons. The number of aliphatic hydroxyl groups is 2. The average Bonchev–Trinajstić information content (AvgIpc) is 2.63. The summed E-state index contributed by atoms with van der Waals surface area (Å²) in [6, 6.07) is 5.07. The van der Waals surface area contributed by atoms with Crippen molar-refractivity contribution < 1.29 is 19.4 Å². The number of nitrogens with one attached hydrogen (secondary N) is 1. The number of carbonyl (C=O) groups is 1. The average molecular weight is 352 g/mol. The molecule has 1 atom stereocenters. The predicted octanol–water partition coefficient (Wildman–Crippen LogP) is 2.52. The fourth-order valence-electron chi connectivity index (χ4n) is 3.43. The summed E-state index contributed by atoms with van der Waals surface area (Å²) < 4.78 is 14.2. The number of carbonyl (C=O) groups excluding carboxylic acids is 1. The second-order valence-corrected chi connectivity index (χ2v) is 6.68. The van der Waals surface area contributed by atoms with Gasteiger partial charge in [0.2, 0.25) is 5.91 Å². The van der Waals surface area contributed by atoms with Crippen LogP contribution < -0.4 is 5.32 Å². The molecule has 5 nitrogen and oxygen atoms in total. The third-order valence-electron chi connectivity index (χ3n) is 4.88. The molecule has 0 spiro atoms. The number of rotatable bonds is 8. The Labute approximate surface area is 148 Å². The van der Waals surface area contributed by atoms with Gasteiger partial charge in [-0.3, -0.25) is 4.79 Å². The summed E-state index contributed by atoms with van der Waals surface area (Å²) in [5.41, 5.74) is 0.685. The minimum Gasteiger partial charge on any atom is -0.396 e. The van der Waals surface area contributed by atoms with Crippen LogP contribution in [-0.2, 0) is 11.4 Å². The summed E-state index contributed by atoms with van der Waals surface area (Å²) in [7, 11) is 0. The van der Waals surface area contributed by atoms with Gasteiger partial charge in [0, 0.05) is 37.2 Å². The quantitative estimate of drug-likeness (QED) is 0.672. The van der Waals surface area contributed by atoms with Crippen LogP contribution in [0, 0.1) is 11.7 Å². The molecule has 0 bridgehead atoms. The molecule has 1 unspecified atom stereocenters. The van der Waals surface area contributed by atoms with Crippen molar-refractivity contribution in [1.29, 1.82) is 0 Å². The normalized spacial score (nSPS) is 16.7. The predicted molar refractivity (Wildman–Crippen MR) is 95.6 cm³/mol. The topological polar surface area (TPSA) is 72.8 Å². The number of benzene rings is 1. The van der Waals surface area contributed by atoms with Gasteiger partial charge in [0.05, 0.1) is 12.3 Å². The summed E-state index contributed by atoms with van der Waals surface area (Å²) in [5.74, 6) is -0.379. The Morgan fingerprint density at radius 2 is 2.04 bits per heavy atom. The zero-order valence-corrected chi connectivity index (χ0v) is 14.9. The summed E-state index contributed by atoms with van der Waals surface area (Å²) in [6.07, 6.45) is 3.76. The summed E-state index contributed by atoms with van der Waals surface area (Å²) >= 11 is 0. The number of amides is 1. The Morgan fingerprint density at radius 3 is 2.64 bits per heavy atom. The molecule has 0 aromatic heterocycles. The van der Waals surface area contributed by atoms with Gasteiger partial charge in [0.25, 0.3) is 0 Å². The number of hydrogen-bond acceptors (Lipinski definition) is 4. The molecule has 0 aliphatic carbocycles. The highest BCUT2D eigenvalue weighted by atomic mass is 19.1. The van der Waals surface area contributed by atoms with Gasteiger partial charge in [0.15, 0.2) is 5.82 Å². The molecule has 0 radical (unpaired) electrons. The lowest BCUT2D eigenvalue weighted by molar-refractivity contribution is -0.137. The highest BCUT2D eigenvalue weighted by molar-refractivity contribution is 5.79. The summed E-state index contributed by atoms with van der Waals surface area (Å²) in [6.45, 7) is 3.04. The van der Waals surface area contributed by atoms with Gasteiger partial charge in [0.1, 0.15) is 0 Å². The standard InChI is InChI=1S/C19H29FN2O3/c1-2-4-14(9-12-23)19(25)22-10-7-16(8-11-22)21-17-6-3-5-15(13-24)18(17)20/h3,5-6,14,16,21,23-24H,2,4,7-13H2,1H3. The first-order valence-electron chi connectivity index (χ1n) is 9.15. The van der Waals surface area contributed by atoms with E-state index in [1.807, 2.05) is 11.8 Å². The third kappa shape index (κ3) is 5.16. The Bertz CT molecular complexity index is 554. The fourth-order valence-corrected chi connectivity index (χ4v) is 3.43. The molecule has 3 N–H and O–H groups in total. The van der Waals surface area contributed by atoms with E-state index in [9.17, 15) is 9.18 Å². The van der Waals surface area contributed by atoms with Gasteiger partial charge >= 0.3 is 0 Å². The number of nitrogens with zero attached hydrogens (tertiary/aromatic N) is 1. The van der Waals surface area contributed by atoms with Crippen LogP contribution in [-0.4, -0.2) is 46.8 Å². The molecule has 25 heavy (non-hydrogen) atoms. The molecule has 1 aromatic carbocycles. The molecule has 1 aliphatic heterocycles. The fraction of sp³-hybridized carbons (Fsp3) is 0.632. The molecule has 1 aliphatic rings. The molecule has 1 saturated heterocycles. The van der Waals surface area contributed by atoms with Gasteiger partial charge in [-0.25, -0.2) is 4.39 Å². The van der Waals surface area contributed by atoms with E-state index < -0.39 is 5.82 Å². The van der Waals surface area contributed by atoms with Gasteiger partial charge in [-0.05, 0) is 31.7 Å². The van der Waals surface area contributed by atoms with E-state index in [1.165, 1.54) is 0 Å². The van der Waals surface area contributed by atoms with E-state index >= 15 is 0 Å². The molecule has 6 heteroatoms. The van der Waals surface area contributed by atoms with Crippen molar-refractivity contribution in [2.45, 2.75) is 51.7 Å². The second kappa shape index (κ2) is 9.73. The van der Waals surface area contributed by atoms with Crippen LogP contribution in [0.3, 0.4) is 0 Å². The highest BCUT2D eigenvalue weighted by Crippen LogP contribution is 2.23. The monoisotopic (exact) mass is 352 g/mol. The van der Waals surface area contributed by atoms with Crippen molar-refractivity contribution in [3.63, 3.8) is 0 Å². The largest absolute Gasteiger partial charge is 0.396 e. The number of aliphatic hydroxyl groups excluding tert-OH is 2. The van der Waals surface area contributed by atoms with Crippen LogP contribution in [0.5, 0.6) is 0 Å². The first-order chi connectivity index (χ1) is 12.1. The van der Waals surface area contributed by atoms with Crippen molar-refractivity contribution in [3.05, 3.63) is 29.6 Å². The minimum absolute atomic E-state index is 0.0366. The molecule has 1 aromatic rings. The van der Waals surface area contributed by atoms with Crippen LogP contribution in [0.2, 0.25) is 0 Å². The van der Waals surface area contributed by atoms with Gasteiger partial charge in [-0.15, -0.1) is 0 Å². The Kier molecular flexibility index (Phi) is 7.65. The Balaban J connectivity index is 1.90. The maximum atomic E-state index is 14.2. The maximum Gasteiger partial charge on any atom is 0.225 e. The van der Waals surface area contributed by atoms with Crippen molar-refractivity contribution in [3.8, 4) is 0 Å². The lowest BCUT2D eigenvalue weighted by Crippen LogP contribution is -2.45. The van der Waals surface area contributed by atoms with Gasteiger partial charge < -0.3 is 20.4 Å². The van der Waals surface area contributed by atoms with E-state index in [4.69, 9.17) is 10.2 Å². The van der Waals surface area contributed by atoms with E-state index in [0.29, 0.717) is 25.2 Å². The smallest absolute Gasteiger partial charge is 0.225 e. The Morgan fingerprint density at radius 1 is 1.32 bits per heavy atom. The van der Waals surface area contributed by atoms with Crippen LogP contribution in [0.25, 0.3) is 0 Å².